The van der Waals surface area contributed by atoms with E-state index in [1.54, 1.807) is 0 Å². The summed E-state index contributed by atoms with van der Waals surface area (Å²) in [6.07, 6.45) is 1.36. The van der Waals surface area contributed by atoms with E-state index >= 15 is 0 Å². The van der Waals surface area contributed by atoms with E-state index in [1.165, 1.54) is 11.3 Å². The Morgan fingerprint density at radius 3 is 3.00 bits per heavy atom. The molecule has 0 aliphatic rings. The molecule has 1 N–H and O–H groups in total. The van der Waals surface area contributed by atoms with Crippen LogP contribution in [0.4, 0.5) is 5.13 Å². The Balaban J connectivity index is 2.26. The minimum Gasteiger partial charge on any atom is -0.492 e. The van der Waals surface area contributed by atoms with Gasteiger partial charge in [0.1, 0.15) is 11.3 Å². The van der Waals surface area contributed by atoms with Crippen molar-refractivity contribution in [3.63, 3.8) is 0 Å². The first kappa shape index (κ1) is 12.8. The largest absolute Gasteiger partial charge is 0.492 e. The number of carbonyl (C=O) groups is 1. The molecule has 1 aromatic carbocycles. The normalized spacial score (nSPS) is 10.6. The Hall–Kier alpha value is -1.62. The molecule has 2 rings (SSSR count). The van der Waals surface area contributed by atoms with Crippen molar-refractivity contribution in [1.29, 1.82) is 0 Å². The van der Waals surface area contributed by atoms with Gasteiger partial charge in [0.15, 0.2) is 5.13 Å². The molecule has 0 unspecified atom stereocenters. The molecule has 0 fully saturated rings. The quantitative estimate of drug-likeness (QED) is 0.900. The number of aromatic nitrogens is 1. The number of para-hydroxylation sites is 1. The molecule has 0 spiro atoms. The maximum atomic E-state index is 11.5. The first-order valence-electron chi connectivity index (χ1n) is 6.06. The van der Waals surface area contributed by atoms with Gasteiger partial charge in [-0.05, 0) is 25.5 Å². The molecule has 0 aliphatic carbocycles. The van der Waals surface area contributed by atoms with Gasteiger partial charge >= 0.3 is 0 Å². The van der Waals surface area contributed by atoms with Crippen LogP contribution in [0.2, 0.25) is 0 Å². The van der Waals surface area contributed by atoms with Gasteiger partial charge in [-0.1, -0.05) is 24.3 Å². The molecule has 0 saturated carbocycles. The fourth-order valence-electron chi connectivity index (χ4n) is 1.66. The highest BCUT2D eigenvalue weighted by Crippen LogP contribution is 2.32. The van der Waals surface area contributed by atoms with E-state index in [1.807, 2.05) is 32.0 Å². The van der Waals surface area contributed by atoms with E-state index in [9.17, 15) is 4.79 Å². The van der Waals surface area contributed by atoms with Crippen LogP contribution in [-0.4, -0.2) is 17.5 Å². The number of amides is 1. The molecule has 0 aliphatic heterocycles. The van der Waals surface area contributed by atoms with Crippen LogP contribution in [0.15, 0.2) is 18.2 Å². The number of nitrogens with one attached hydrogen (secondary N) is 1. The molecule has 1 aromatic heterocycles. The number of anilines is 1. The van der Waals surface area contributed by atoms with E-state index < -0.39 is 0 Å². The smallest absolute Gasteiger partial charge is 0.226 e. The molecule has 0 bridgehead atoms. The number of hydrogen-bond acceptors (Lipinski definition) is 4. The number of ether oxygens (including phenoxy) is 1. The molecule has 96 valence electrons. The van der Waals surface area contributed by atoms with E-state index in [-0.39, 0.29) is 5.91 Å². The number of hydrogen-bond donors (Lipinski definition) is 1. The molecule has 0 atom stereocenters. The lowest BCUT2D eigenvalue weighted by atomic mass is 10.3. The summed E-state index contributed by atoms with van der Waals surface area (Å²) in [6.45, 7) is 4.52. The van der Waals surface area contributed by atoms with Crippen molar-refractivity contribution in [2.45, 2.75) is 26.7 Å². The lowest BCUT2D eigenvalue weighted by molar-refractivity contribution is -0.116. The Labute approximate surface area is 110 Å². The molecule has 5 heteroatoms. The molecular formula is C13H16N2O2S. The van der Waals surface area contributed by atoms with Gasteiger partial charge in [0.25, 0.3) is 0 Å². The summed E-state index contributed by atoms with van der Waals surface area (Å²) in [5.74, 6) is 0.775. The van der Waals surface area contributed by atoms with Crippen molar-refractivity contribution in [3.8, 4) is 5.75 Å². The van der Waals surface area contributed by atoms with Gasteiger partial charge in [0.2, 0.25) is 5.91 Å². The van der Waals surface area contributed by atoms with Crippen molar-refractivity contribution in [2.75, 3.05) is 11.9 Å². The zero-order valence-electron chi connectivity index (χ0n) is 10.5. The Kier molecular flexibility index (Phi) is 4.15. The third-order valence-electron chi connectivity index (χ3n) is 2.41. The van der Waals surface area contributed by atoms with Crippen LogP contribution in [-0.2, 0) is 4.79 Å². The second-order valence-corrected chi connectivity index (χ2v) is 4.88. The fraction of sp³-hybridized carbons (Fsp3) is 0.385. The number of benzene rings is 1. The van der Waals surface area contributed by atoms with E-state index in [4.69, 9.17) is 4.74 Å². The molecule has 2 aromatic rings. The number of nitrogens with zero attached hydrogens (tertiary/aromatic N) is 1. The topological polar surface area (TPSA) is 51.2 Å². The number of thiazole rings is 1. The summed E-state index contributed by atoms with van der Waals surface area (Å²) in [7, 11) is 0. The van der Waals surface area contributed by atoms with Crippen molar-refractivity contribution >= 4 is 32.6 Å². The van der Waals surface area contributed by atoms with Crippen molar-refractivity contribution < 1.29 is 9.53 Å². The first-order chi connectivity index (χ1) is 8.74. The van der Waals surface area contributed by atoms with Crippen LogP contribution in [0, 0.1) is 0 Å². The summed E-state index contributed by atoms with van der Waals surface area (Å²) in [5.41, 5.74) is 0.816. The lowest BCUT2D eigenvalue weighted by Crippen LogP contribution is -2.10. The molecular weight excluding hydrogens is 248 g/mol. The lowest BCUT2D eigenvalue weighted by Gasteiger charge is -2.02. The maximum Gasteiger partial charge on any atom is 0.226 e. The summed E-state index contributed by atoms with van der Waals surface area (Å²) < 4.78 is 6.54. The molecule has 0 saturated heterocycles. The standard InChI is InChI=1S/C13H16N2O2S/c1-3-6-11(16)14-13-15-12-9(17-4-2)7-5-8-10(12)18-13/h5,7-8H,3-4,6H2,1-2H3,(H,14,15,16). The van der Waals surface area contributed by atoms with Crippen LogP contribution in [0.3, 0.4) is 0 Å². The minimum atomic E-state index is 0.00881. The Morgan fingerprint density at radius 1 is 1.44 bits per heavy atom. The summed E-state index contributed by atoms with van der Waals surface area (Å²) in [6, 6.07) is 5.80. The van der Waals surface area contributed by atoms with Gasteiger partial charge in [0, 0.05) is 6.42 Å². The highest BCUT2D eigenvalue weighted by molar-refractivity contribution is 7.22. The number of rotatable bonds is 5. The van der Waals surface area contributed by atoms with Gasteiger partial charge in [0.05, 0.1) is 11.3 Å². The van der Waals surface area contributed by atoms with Crippen molar-refractivity contribution in [1.82, 2.24) is 4.98 Å². The predicted octanol–water partition coefficient (Wildman–Crippen LogP) is 3.43. The molecule has 0 radical (unpaired) electrons. The third kappa shape index (κ3) is 2.79. The number of fused-ring (bicyclic) bond motifs is 1. The number of carbonyl (C=O) groups excluding carboxylic acids is 1. The highest BCUT2D eigenvalue weighted by atomic mass is 32.1. The second kappa shape index (κ2) is 5.82. The monoisotopic (exact) mass is 264 g/mol. The van der Waals surface area contributed by atoms with E-state index in [0.29, 0.717) is 18.2 Å². The van der Waals surface area contributed by atoms with Gasteiger partial charge in [-0.2, -0.15) is 0 Å². The third-order valence-corrected chi connectivity index (χ3v) is 3.34. The van der Waals surface area contributed by atoms with Gasteiger partial charge in [-0.3, -0.25) is 4.79 Å². The SMILES string of the molecule is CCCC(=O)Nc1nc2c(OCC)cccc2s1. The summed E-state index contributed by atoms with van der Waals surface area (Å²) in [5, 5.41) is 3.45. The van der Waals surface area contributed by atoms with E-state index in [2.05, 4.69) is 10.3 Å². The Bertz CT molecular complexity index is 551. The van der Waals surface area contributed by atoms with Crippen molar-refractivity contribution in [3.05, 3.63) is 18.2 Å². The average molecular weight is 264 g/mol. The average Bonchev–Trinajstić information content (AvgIpc) is 2.73. The molecule has 1 amide bonds. The zero-order valence-corrected chi connectivity index (χ0v) is 11.3. The van der Waals surface area contributed by atoms with Crippen molar-refractivity contribution in [2.24, 2.45) is 0 Å². The van der Waals surface area contributed by atoms with Gasteiger partial charge in [-0.15, -0.1) is 0 Å². The van der Waals surface area contributed by atoms with Gasteiger partial charge in [-0.25, -0.2) is 4.98 Å². The van der Waals surface area contributed by atoms with Crippen LogP contribution in [0.25, 0.3) is 10.2 Å². The highest BCUT2D eigenvalue weighted by Gasteiger charge is 2.10. The predicted molar refractivity (Wildman–Crippen MR) is 74.3 cm³/mol. The summed E-state index contributed by atoms with van der Waals surface area (Å²) in [4.78, 5) is 15.9. The molecule has 1 heterocycles. The van der Waals surface area contributed by atoms with Crippen LogP contribution >= 0.6 is 11.3 Å². The van der Waals surface area contributed by atoms with Crippen LogP contribution < -0.4 is 10.1 Å². The minimum absolute atomic E-state index is 0.00881. The van der Waals surface area contributed by atoms with Crippen LogP contribution in [0.1, 0.15) is 26.7 Å². The molecule has 18 heavy (non-hydrogen) atoms. The van der Waals surface area contributed by atoms with E-state index in [0.717, 1.165) is 22.4 Å². The Morgan fingerprint density at radius 2 is 2.28 bits per heavy atom. The summed E-state index contributed by atoms with van der Waals surface area (Å²) >= 11 is 1.47. The second-order valence-electron chi connectivity index (χ2n) is 3.85. The van der Waals surface area contributed by atoms with Gasteiger partial charge < -0.3 is 10.1 Å². The molecule has 4 nitrogen and oxygen atoms in total. The first-order valence-corrected chi connectivity index (χ1v) is 6.88. The fourth-order valence-corrected chi connectivity index (χ4v) is 2.56. The maximum absolute atomic E-state index is 11.5. The van der Waals surface area contributed by atoms with Crippen LogP contribution in [0.5, 0.6) is 5.75 Å². The zero-order chi connectivity index (χ0) is 13.0.